The third kappa shape index (κ3) is 2.60. The molecule has 0 radical (unpaired) electrons. The SMILES string of the molecule is c1ccc(-n2c3ccccc3c3ccc4c(c5cnccc5n4-c4ccc5ccccc5c4)c32)cc1. The van der Waals surface area contributed by atoms with Crippen molar-refractivity contribution in [3.05, 3.63) is 128 Å². The Bertz CT molecular complexity index is 2100. The van der Waals surface area contributed by atoms with Gasteiger partial charge in [-0.25, -0.2) is 0 Å². The lowest BCUT2D eigenvalue weighted by atomic mass is 10.1. The van der Waals surface area contributed by atoms with E-state index in [9.17, 15) is 0 Å². The molecule has 0 bridgehead atoms. The highest BCUT2D eigenvalue weighted by molar-refractivity contribution is 6.26. The number of aromatic nitrogens is 3. The molecule has 8 rings (SSSR count). The van der Waals surface area contributed by atoms with Crippen molar-refractivity contribution in [2.24, 2.45) is 0 Å². The summed E-state index contributed by atoms with van der Waals surface area (Å²) in [6.45, 7) is 0. The molecule has 3 heterocycles. The van der Waals surface area contributed by atoms with Crippen LogP contribution < -0.4 is 0 Å². The number of hydrogen-bond donors (Lipinski definition) is 0. The molecule has 0 spiro atoms. The van der Waals surface area contributed by atoms with E-state index in [1.54, 1.807) is 0 Å². The van der Waals surface area contributed by atoms with Crippen LogP contribution >= 0.6 is 0 Å². The minimum atomic E-state index is 1.15. The van der Waals surface area contributed by atoms with Crippen LogP contribution in [0.15, 0.2) is 128 Å². The minimum absolute atomic E-state index is 1.15. The van der Waals surface area contributed by atoms with E-state index in [-0.39, 0.29) is 0 Å². The number of fused-ring (bicyclic) bond motifs is 8. The maximum atomic E-state index is 4.56. The highest BCUT2D eigenvalue weighted by atomic mass is 15.0. The molecule has 0 atom stereocenters. The second-order valence-corrected chi connectivity index (χ2v) is 9.30. The van der Waals surface area contributed by atoms with E-state index in [4.69, 9.17) is 0 Å². The lowest BCUT2D eigenvalue weighted by molar-refractivity contribution is 1.17. The molecule has 0 aliphatic heterocycles. The van der Waals surface area contributed by atoms with E-state index in [0.29, 0.717) is 0 Å². The Balaban J connectivity index is 1.59. The molecular formula is C33H21N3. The third-order valence-electron chi connectivity index (χ3n) is 7.37. The van der Waals surface area contributed by atoms with Gasteiger partial charge in [-0.3, -0.25) is 4.98 Å². The van der Waals surface area contributed by atoms with Crippen molar-refractivity contribution in [1.82, 2.24) is 14.1 Å². The first-order chi connectivity index (χ1) is 17.9. The number of benzene rings is 5. The molecule has 0 fully saturated rings. The Hall–Kier alpha value is -4.89. The van der Waals surface area contributed by atoms with Crippen LogP contribution in [0.25, 0.3) is 65.8 Å². The third-order valence-corrected chi connectivity index (χ3v) is 7.37. The normalized spacial score (nSPS) is 11.9. The Morgan fingerprint density at radius 2 is 1.25 bits per heavy atom. The van der Waals surface area contributed by atoms with Crippen molar-refractivity contribution < 1.29 is 0 Å². The van der Waals surface area contributed by atoms with Gasteiger partial charge in [-0.1, -0.05) is 72.8 Å². The van der Waals surface area contributed by atoms with E-state index in [1.165, 1.54) is 43.5 Å². The molecule has 3 nitrogen and oxygen atoms in total. The number of hydrogen-bond acceptors (Lipinski definition) is 1. The zero-order chi connectivity index (χ0) is 23.6. The number of para-hydroxylation sites is 2. The van der Waals surface area contributed by atoms with E-state index < -0.39 is 0 Å². The van der Waals surface area contributed by atoms with Crippen LogP contribution in [0.3, 0.4) is 0 Å². The largest absolute Gasteiger partial charge is 0.309 e. The zero-order valence-corrected chi connectivity index (χ0v) is 19.5. The van der Waals surface area contributed by atoms with Crippen molar-refractivity contribution in [3.63, 3.8) is 0 Å². The highest BCUT2D eigenvalue weighted by Crippen LogP contribution is 2.41. The second-order valence-electron chi connectivity index (χ2n) is 9.30. The van der Waals surface area contributed by atoms with Crippen LogP contribution in [0.5, 0.6) is 0 Å². The first-order valence-electron chi connectivity index (χ1n) is 12.2. The summed E-state index contributed by atoms with van der Waals surface area (Å²) in [6, 6.07) is 41.3. The van der Waals surface area contributed by atoms with Gasteiger partial charge < -0.3 is 9.13 Å². The summed E-state index contributed by atoms with van der Waals surface area (Å²) in [5.41, 5.74) is 7.08. The molecule has 0 saturated heterocycles. The van der Waals surface area contributed by atoms with Crippen LogP contribution in [0, 0.1) is 0 Å². The maximum absolute atomic E-state index is 4.56. The molecule has 3 heteroatoms. The molecule has 0 saturated carbocycles. The Labute approximate surface area is 207 Å². The average Bonchev–Trinajstić information content (AvgIpc) is 3.46. The van der Waals surface area contributed by atoms with Crippen molar-refractivity contribution in [3.8, 4) is 11.4 Å². The number of pyridine rings is 1. The van der Waals surface area contributed by atoms with Crippen LogP contribution in [-0.2, 0) is 0 Å². The molecule has 0 aliphatic rings. The van der Waals surface area contributed by atoms with E-state index >= 15 is 0 Å². The van der Waals surface area contributed by atoms with Gasteiger partial charge in [-0.2, -0.15) is 0 Å². The fourth-order valence-corrected chi connectivity index (χ4v) is 5.84. The van der Waals surface area contributed by atoms with Crippen LogP contribution in [0.2, 0.25) is 0 Å². The Morgan fingerprint density at radius 1 is 0.472 bits per heavy atom. The lowest BCUT2D eigenvalue weighted by Gasteiger charge is -2.10. The molecule has 5 aromatic carbocycles. The van der Waals surface area contributed by atoms with E-state index in [0.717, 1.165) is 22.3 Å². The van der Waals surface area contributed by atoms with Gasteiger partial charge in [0.1, 0.15) is 0 Å². The van der Waals surface area contributed by atoms with Crippen molar-refractivity contribution in [1.29, 1.82) is 0 Å². The van der Waals surface area contributed by atoms with Gasteiger partial charge >= 0.3 is 0 Å². The molecule has 0 amide bonds. The molecule has 0 unspecified atom stereocenters. The second kappa shape index (κ2) is 7.30. The van der Waals surface area contributed by atoms with E-state index in [1.807, 2.05) is 12.4 Å². The summed E-state index contributed by atoms with van der Waals surface area (Å²) in [6.07, 6.45) is 3.91. The highest BCUT2D eigenvalue weighted by Gasteiger charge is 2.20. The summed E-state index contributed by atoms with van der Waals surface area (Å²) >= 11 is 0. The van der Waals surface area contributed by atoms with Gasteiger partial charge in [0.05, 0.1) is 22.1 Å². The van der Waals surface area contributed by atoms with E-state index in [2.05, 4.69) is 129 Å². The van der Waals surface area contributed by atoms with Gasteiger partial charge in [0, 0.05) is 45.3 Å². The molecule has 36 heavy (non-hydrogen) atoms. The van der Waals surface area contributed by atoms with Crippen LogP contribution in [-0.4, -0.2) is 14.1 Å². The summed E-state index contributed by atoms with van der Waals surface area (Å²) in [5, 5.41) is 7.38. The number of rotatable bonds is 2. The van der Waals surface area contributed by atoms with Gasteiger partial charge in [0.25, 0.3) is 0 Å². The molecule has 0 N–H and O–H groups in total. The van der Waals surface area contributed by atoms with Gasteiger partial charge in [0.2, 0.25) is 0 Å². The quantitative estimate of drug-likeness (QED) is 0.254. The molecule has 0 aliphatic carbocycles. The fourth-order valence-electron chi connectivity index (χ4n) is 5.84. The zero-order valence-electron chi connectivity index (χ0n) is 19.5. The minimum Gasteiger partial charge on any atom is -0.309 e. The van der Waals surface area contributed by atoms with Crippen molar-refractivity contribution >= 4 is 54.4 Å². The fraction of sp³-hybridized carbons (Fsp3) is 0. The van der Waals surface area contributed by atoms with Crippen molar-refractivity contribution in [2.45, 2.75) is 0 Å². The first kappa shape index (κ1) is 19.4. The molecule has 3 aromatic heterocycles. The summed E-state index contributed by atoms with van der Waals surface area (Å²) < 4.78 is 4.79. The maximum Gasteiger partial charge on any atom is 0.0641 e. The topological polar surface area (TPSA) is 22.8 Å². The van der Waals surface area contributed by atoms with Gasteiger partial charge in [-0.05, 0) is 53.2 Å². The summed E-state index contributed by atoms with van der Waals surface area (Å²) in [4.78, 5) is 4.56. The summed E-state index contributed by atoms with van der Waals surface area (Å²) in [7, 11) is 0. The van der Waals surface area contributed by atoms with Crippen LogP contribution in [0.1, 0.15) is 0 Å². The molecular weight excluding hydrogens is 438 g/mol. The number of nitrogens with zero attached hydrogens (tertiary/aromatic N) is 3. The standard InChI is InChI=1S/C33H21N3/c1-2-10-24(11-3-1)36-29-13-7-6-12-26(29)27-16-17-31-32(33(27)36)28-21-34-19-18-30(28)35(31)25-15-14-22-8-4-5-9-23(22)20-25/h1-21H. The first-order valence-corrected chi connectivity index (χ1v) is 12.2. The van der Waals surface area contributed by atoms with Gasteiger partial charge in [0.15, 0.2) is 0 Å². The molecule has 8 aromatic rings. The van der Waals surface area contributed by atoms with Crippen molar-refractivity contribution in [2.75, 3.05) is 0 Å². The summed E-state index contributed by atoms with van der Waals surface area (Å²) in [5.74, 6) is 0. The predicted molar refractivity (Wildman–Crippen MR) is 150 cm³/mol. The predicted octanol–water partition coefficient (Wildman–Crippen LogP) is 8.43. The molecule has 168 valence electrons. The monoisotopic (exact) mass is 459 g/mol. The van der Waals surface area contributed by atoms with Gasteiger partial charge in [-0.15, -0.1) is 0 Å². The average molecular weight is 460 g/mol. The Kier molecular flexibility index (Phi) is 3.94. The van der Waals surface area contributed by atoms with Crippen LogP contribution in [0.4, 0.5) is 0 Å². The Morgan fingerprint density at radius 3 is 2.17 bits per heavy atom. The smallest absolute Gasteiger partial charge is 0.0641 e. The lowest BCUT2D eigenvalue weighted by Crippen LogP contribution is -1.95.